The first kappa shape index (κ1) is 36.9. The standard InChI is InChI=1S/C41H49N3O5S/c1-5-6-7-8-22-49-33-16-14-29(15-17-33)32-25-42-37(43-26-32)30-12-10-28(11-13-30)23-31(38(46)44-27-41(39(47)48)20-9-21-41)24-34(45)35-18-19-36(50-35)40(2,3)4/h10-19,25-26,31H,5-9,20-24,27H2,1-4H3,(H,44,46)(H,47,48)/t31-/m1/s1. The average molecular weight is 696 g/mol. The summed E-state index contributed by atoms with van der Waals surface area (Å²) < 4.78 is 5.87. The van der Waals surface area contributed by atoms with Gasteiger partial charge in [0.15, 0.2) is 11.6 Å². The van der Waals surface area contributed by atoms with Crippen LogP contribution in [0.15, 0.2) is 73.1 Å². The van der Waals surface area contributed by atoms with Crippen molar-refractivity contribution in [2.24, 2.45) is 11.3 Å². The Hall–Kier alpha value is -4.37. The zero-order valence-corrected chi connectivity index (χ0v) is 30.5. The quantitative estimate of drug-likeness (QED) is 0.0836. The van der Waals surface area contributed by atoms with Crippen LogP contribution in [0, 0.1) is 11.3 Å². The summed E-state index contributed by atoms with van der Waals surface area (Å²) in [6.45, 7) is 9.32. The van der Waals surface area contributed by atoms with Crippen molar-refractivity contribution in [1.82, 2.24) is 15.3 Å². The Labute approximate surface area is 299 Å². The maximum Gasteiger partial charge on any atom is 0.311 e. The number of rotatable bonds is 17. The maximum absolute atomic E-state index is 13.5. The largest absolute Gasteiger partial charge is 0.494 e. The molecule has 0 unspecified atom stereocenters. The first-order valence-corrected chi connectivity index (χ1v) is 18.6. The van der Waals surface area contributed by atoms with Crippen LogP contribution in [-0.4, -0.2) is 45.9 Å². The lowest BCUT2D eigenvalue weighted by Crippen LogP contribution is -2.49. The van der Waals surface area contributed by atoms with Gasteiger partial charge in [0, 0.05) is 47.3 Å². The number of hydrogen-bond donors (Lipinski definition) is 2. The molecule has 5 rings (SSSR count). The van der Waals surface area contributed by atoms with Gasteiger partial charge in [-0.2, -0.15) is 0 Å². The monoisotopic (exact) mass is 695 g/mol. The van der Waals surface area contributed by atoms with Crippen LogP contribution in [0.1, 0.15) is 99.2 Å². The summed E-state index contributed by atoms with van der Waals surface area (Å²) in [5, 5.41) is 12.7. The van der Waals surface area contributed by atoms with E-state index in [1.807, 2.05) is 73.1 Å². The van der Waals surface area contributed by atoms with E-state index in [4.69, 9.17) is 4.74 Å². The summed E-state index contributed by atoms with van der Waals surface area (Å²) >= 11 is 1.47. The number of carboxylic acids is 1. The number of aliphatic carboxylic acids is 1. The van der Waals surface area contributed by atoms with E-state index in [0.29, 0.717) is 30.0 Å². The lowest BCUT2D eigenvalue weighted by atomic mass is 9.68. The second-order valence-corrected chi connectivity index (χ2v) is 15.6. The predicted octanol–water partition coefficient (Wildman–Crippen LogP) is 8.93. The molecule has 0 spiro atoms. The summed E-state index contributed by atoms with van der Waals surface area (Å²) in [6, 6.07) is 19.5. The molecule has 2 aromatic carbocycles. The molecule has 264 valence electrons. The first-order chi connectivity index (χ1) is 24.0. The number of nitrogens with zero attached hydrogens (tertiary/aromatic N) is 2. The molecule has 0 radical (unpaired) electrons. The molecule has 2 N–H and O–H groups in total. The molecule has 1 aliphatic carbocycles. The van der Waals surface area contributed by atoms with Gasteiger partial charge in [-0.3, -0.25) is 14.4 Å². The Kier molecular flexibility index (Phi) is 12.2. The average Bonchev–Trinajstić information content (AvgIpc) is 3.60. The molecule has 50 heavy (non-hydrogen) atoms. The maximum atomic E-state index is 13.5. The second-order valence-electron chi connectivity index (χ2n) is 14.5. The summed E-state index contributed by atoms with van der Waals surface area (Å²) in [4.78, 5) is 49.9. The van der Waals surface area contributed by atoms with Crippen molar-refractivity contribution in [3.63, 3.8) is 0 Å². The number of carbonyl (C=O) groups excluding carboxylic acids is 2. The topological polar surface area (TPSA) is 118 Å². The van der Waals surface area contributed by atoms with E-state index in [1.165, 1.54) is 30.6 Å². The van der Waals surface area contributed by atoms with Gasteiger partial charge in [0.1, 0.15) is 5.75 Å². The molecule has 1 atom stereocenters. The third-order valence-electron chi connectivity index (χ3n) is 9.59. The van der Waals surface area contributed by atoms with Crippen LogP contribution in [0.5, 0.6) is 5.75 Å². The highest BCUT2D eigenvalue weighted by Crippen LogP contribution is 2.40. The molecule has 9 heteroatoms. The highest BCUT2D eigenvalue weighted by molar-refractivity contribution is 7.14. The lowest BCUT2D eigenvalue weighted by molar-refractivity contribution is -0.154. The van der Waals surface area contributed by atoms with Gasteiger partial charge in [-0.15, -0.1) is 11.3 Å². The number of aromatic nitrogens is 2. The molecule has 0 saturated heterocycles. The van der Waals surface area contributed by atoms with E-state index in [-0.39, 0.29) is 30.1 Å². The highest BCUT2D eigenvalue weighted by Gasteiger charge is 2.44. The molecule has 2 heterocycles. The van der Waals surface area contributed by atoms with Crippen LogP contribution in [0.2, 0.25) is 0 Å². The van der Waals surface area contributed by atoms with Crippen molar-refractivity contribution < 1.29 is 24.2 Å². The fourth-order valence-electron chi connectivity index (χ4n) is 6.11. The first-order valence-electron chi connectivity index (χ1n) is 17.8. The molecular formula is C41H49N3O5S. The molecule has 1 saturated carbocycles. The fourth-order valence-corrected chi connectivity index (χ4v) is 7.12. The predicted molar refractivity (Wildman–Crippen MR) is 199 cm³/mol. The van der Waals surface area contributed by atoms with Crippen molar-refractivity contribution >= 4 is 29.0 Å². The van der Waals surface area contributed by atoms with Crippen LogP contribution in [-0.2, 0) is 21.4 Å². The minimum absolute atomic E-state index is 0.0361. The molecule has 0 aliphatic heterocycles. The van der Waals surface area contributed by atoms with E-state index < -0.39 is 17.3 Å². The zero-order valence-electron chi connectivity index (χ0n) is 29.7. The molecule has 1 aliphatic rings. The Bertz CT molecular complexity index is 1740. The number of ether oxygens (including phenoxy) is 1. The number of unbranched alkanes of at least 4 members (excludes halogenated alkanes) is 3. The van der Waals surface area contributed by atoms with Crippen LogP contribution in [0.4, 0.5) is 0 Å². The van der Waals surface area contributed by atoms with Crippen molar-refractivity contribution in [1.29, 1.82) is 0 Å². The number of benzene rings is 2. The minimum Gasteiger partial charge on any atom is -0.494 e. The van der Waals surface area contributed by atoms with Gasteiger partial charge in [0.2, 0.25) is 5.91 Å². The van der Waals surface area contributed by atoms with Crippen LogP contribution in [0.25, 0.3) is 22.5 Å². The zero-order chi connectivity index (χ0) is 35.7. The smallest absolute Gasteiger partial charge is 0.311 e. The van der Waals surface area contributed by atoms with Crippen LogP contribution < -0.4 is 10.1 Å². The van der Waals surface area contributed by atoms with Gasteiger partial charge in [0.25, 0.3) is 0 Å². The molecular weight excluding hydrogens is 647 g/mol. The fraction of sp³-hybridized carbons (Fsp3) is 0.439. The minimum atomic E-state index is -0.914. The number of carboxylic acid groups (broad SMARTS) is 1. The van der Waals surface area contributed by atoms with Crippen molar-refractivity contribution in [2.75, 3.05) is 13.2 Å². The second kappa shape index (κ2) is 16.6. The summed E-state index contributed by atoms with van der Waals surface area (Å²) in [5.74, 6) is -0.469. The Balaban J connectivity index is 1.24. The number of nitrogens with one attached hydrogen (secondary N) is 1. The van der Waals surface area contributed by atoms with E-state index in [1.54, 1.807) is 0 Å². The summed E-state index contributed by atoms with van der Waals surface area (Å²) in [5.41, 5.74) is 2.66. The van der Waals surface area contributed by atoms with Gasteiger partial charge >= 0.3 is 5.97 Å². The number of hydrogen-bond acceptors (Lipinski definition) is 7. The Morgan fingerprint density at radius 3 is 2.16 bits per heavy atom. The van der Waals surface area contributed by atoms with Gasteiger partial charge in [-0.25, -0.2) is 9.97 Å². The number of thiophene rings is 1. The number of amides is 1. The van der Waals surface area contributed by atoms with E-state index >= 15 is 0 Å². The van der Waals surface area contributed by atoms with Gasteiger partial charge < -0.3 is 15.2 Å². The molecule has 0 bridgehead atoms. The SMILES string of the molecule is CCCCCCOc1ccc(-c2cnc(-c3ccc(C[C@H](CC(=O)c4ccc(C(C)(C)C)s4)C(=O)NCC4(C(=O)O)CCC4)cc3)nc2)cc1. The number of carbonyl (C=O) groups is 3. The molecule has 1 amide bonds. The van der Waals surface area contributed by atoms with Crippen molar-refractivity contribution in [3.8, 4) is 28.3 Å². The van der Waals surface area contributed by atoms with E-state index in [2.05, 4.69) is 43.0 Å². The number of ketones is 1. The number of Topliss-reactive ketones (excluding diaryl/α,β-unsaturated/α-hetero) is 1. The molecule has 8 nitrogen and oxygen atoms in total. The van der Waals surface area contributed by atoms with E-state index in [9.17, 15) is 19.5 Å². The molecule has 2 aromatic heterocycles. The third-order valence-corrected chi connectivity index (χ3v) is 11.1. The third kappa shape index (κ3) is 9.44. The Morgan fingerprint density at radius 1 is 0.900 bits per heavy atom. The molecule has 4 aromatic rings. The summed E-state index contributed by atoms with van der Waals surface area (Å²) in [7, 11) is 0. The molecule has 1 fully saturated rings. The Morgan fingerprint density at radius 2 is 1.58 bits per heavy atom. The van der Waals surface area contributed by atoms with Gasteiger partial charge in [-0.05, 0) is 66.5 Å². The summed E-state index contributed by atoms with van der Waals surface area (Å²) in [6.07, 6.45) is 10.6. The van der Waals surface area contributed by atoms with Crippen molar-refractivity contribution in [3.05, 3.63) is 88.4 Å². The van der Waals surface area contributed by atoms with E-state index in [0.717, 1.165) is 52.3 Å². The lowest BCUT2D eigenvalue weighted by Gasteiger charge is -2.37. The van der Waals surface area contributed by atoms with Gasteiger partial charge in [-0.1, -0.05) is 89.8 Å². The van der Waals surface area contributed by atoms with Crippen molar-refractivity contribution in [2.45, 2.75) is 90.9 Å². The normalized spacial score (nSPS) is 14.4. The van der Waals surface area contributed by atoms with Crippen LogP contribution >= 0.6 is 11.3 Å². The van der Waals surface area contributed by atoms with Crippen LogP contribution in [0.3, 0.4) is 0 Å². The highest BCUT2D eigenvalue weighted by atomic mass is 32.1. The van der Waals surface area contributed by atoms with Gasteiger partial charge in [0.05, 0.1) is 16.9 Å².